The molecule has 1 aliphatic heterocycles. The van der Waals surface area contributed by atoms with E-state index in [9.17, 15) is 23.4 Å². The minimum absolute atomic E-state index is 0.00752. The molecular formula is C33H36N2O7S. The molecule has 5 rings (SSSR count). The second-order valence-electron chi connectivity index (χ2n) is 10.9. The number of ether oxygens (including phenoxy) is 2. The van der Waals surface area contributed by atoms with Crippen LogP contribution < -0.4 is 9.46 Å². The number of aliphatic hydroxyl groups excluding tert-OH is 1. The normalized spacial score (nSPS) is 18.0. The topological polar surface area (TPSA) is 125 Å². The van der Waals surface area contributed by atoms with Gasteiger partial charge in [-0.2, -0.15) is 0 Å². The summed E-state index contributed by atoms with van der Waals surface area (Å²) in [6.45, 7) is 2.65. The van der Waals surface area contributed by atoms with E-state index in [4.69, 9.17) is 9.47 Å². The van der Waals surface area contributed by atoms with Crippen LogP contribution in [0.1, 0.15) is 29.0 Å². The molecule has 1 amide bonds. The first-order valence-electron chi connectivity index (χ1n) is 14.2. The van der Waals surface area contributed by atoms with Gasteiger partial charge in [-0.05, 0) is 65.6 Å². The van der Waals surface area contributed by atoms with Gasteiger partial charge >= 0.3 is 6.09 Å². The molecule has 0 spiro atoms. The van der Waals surface area contributed by atoms with Crippen LogP contribution in [0.5, 0.6) is 5.75 Å². The van der Waals surface area contributed by atoms with E-state index in [1.54, 1.807) is 24.3 Å². The van der Waals surface area contributed by atoms with Crippen LogP contribution in [-0.2, 0) is 21.4 Å². The van der Waals surface area contributed by atoms with Crippen molar-refractivity contribution in [2.24, 2.45) is 0 Å². The van der Waals surface area contributed by atoms with Crippen molar-refractivity contribution in [1.29, 1.82) is 0 Å². The van der Waals surface area contributed by atoms with Crippen molar-refractivity contribution in [1.82, 2.24) is 9.62 Å². The predicted molar refractivity (Wildman–Crippen MR) is 164 cm³/mol. The Morgan fingerprint density at radius 1 is 1.00 bits per heavy atom. The molecular weight excluding hydrogens is 568 g/mol. The first-order chi connectivity index (χ1) is 20.7. The number of sulfonamides is 1. The number of hydrogen-bond donors (Lipinski definition) is 3. The van der Waals surface area contributed by atoms with E-state index in [1.165, 1.54) is 17.0 Å². The van der Waals surface area contributed by atoms with Crippen LogP contribution >= 0.6 is 0 Å². The fraction of sp³-hybridized carbons (Fsp3) is 0.303. The standard InChI is InChI=1S/C33H36N2O7S/c1-23-6-14-30(15-7-23)43(39,40)34-19-28(36)22-41-29-12-10-26(11-13-29)31-16-17-35(33(37)38)20-32(31)42-21-24-8-9-25-4-2-3-5-27(25)18-24/h2-15,18,28,31-32,34,36H,16-17,19-22H2,1H3,(H,37,38). The number of nitrogens with one attached hydrogen (secondary N) is 1. The number of fused-ring (bicyclic) bond motifs is 1. The lowest BCUT2D eigenvalue weighted by Crippen LogP contribution is -2.46. The van der Waals surface area contributed by atoms with Gasteiger partial charge in [0.15, 0.2) is 0 Å². The molecule has 3 N–H and O–H groups in total. The number of benzene rings is 4. The lowest BCUT2D eigenvalue weighted by Gasteiger charge is -2.37. The van der Waals surface area contributed by atoms with Gasteiger partial charge in [0.1, 0.15) is 18.5 Å². The SMILES string of the molecule is Cc1ccc(S(=O)(=O)NCC(O)COc2ccc(C3CCN(C(=O)O)CC3OCc3ccc4ccccc4c3)cc2)cc1. The Kier molecular flexibility index (Phi) is 9.62. The molecule has 9 nitrogen and oxygen atoms in total. The fourth-order valence-electron chi connectivity index (χ4n) is 5.24. The van der Waals surface area contributed by atoms with Crippen molar-refractivity contribution in [3.05, 3.63) is 108 Å². The van der Waals surface area contributed by atoms with Gasteiger partial charge in [0.2, 0.25) is 10.0 Å². The van der Waals surface area contributed by atoms with E-state index in [2.05, 4.69) is 29.0 Å². The van der Waals surface area contributed by atoms with Gasteiger partial charge in [-0.15, -0.1) is 0 Å². The molecule has 1 saturated heterocycles. The molecule has 3 atom stereocenters. The number of hydrogen-bond acceptors (Lipinski definition) is 6. The predicted octanol–water partition coefficient (Wildman–Crippen LogP) is 4.92. The van der Waals surface area contributed by atoms with E-state index in [0.29, 0.717) is 25.3 Å². The minimum atomic E-state index is -3.74. The maximum atomic E-state index is 12.5. The summed E-state index contributed by atoms with van der Waals surface area (Å²) in [5, 5.41) is 22.2. The van der Waals surface area contributed by atoms with Gasteiger partial charge in [0.05, 0.1) is 24.2 Å². The van der Waals surface area contributed by atoms with Gasteiger partial charge in [-0.25, -0.2) is 17.9 Å². The molecule has 0 saturated carbocycles. The lowest BCUT2D eigenvalue weighted by atomic mass is 9.87. The summed E-state index contributed by atoms with van der Waals surface area (Å²) in [4.78, 5) is 13.2. The third kappa shape index (κ3) is 7.91. The average Bonchev–Trinajstić information content (AvgIpc) is 3.02. The second kappa shape index (κ2) is 13.6. The molecule has 0 aliphatic carbocycles. The molecule has 10 heteroatoms. The van der Waals surface area contributed by atoms with Gasteiger partial charge in [0.25, 0.3) is 0 Å². The molecule has 43 heavy (non-hydrogen) atoms. The maximum Gasteiger partial charge on any atom is 0.407 e. The minimum Gasteiger partial charge on any atom is -0.491 e. The summed E-state index contributed by atoms with van der Waals surface area (Å²) in [5.41, 5.74) is 2.98. The Morgan fingerprint density at radius 2 is 1.72 bits per heavy atom. The van der Waals surface area contributed by atoms with Crippen LogP contribution in [0.4, 0.5) is 4.79 Å². The third-order valence-electron chi connectivity index (χ3n) is 7.70. The maximum absolute atomic E-state index is 12.5. The summed E-state index contributed by atoms with van der Waals surface area (Å²) in [6, 6.07) is 28.2. The van der Waals surface area contributed by atoms with Crippen LogP contribution in [-0.4, -0.2) is 68.1 Å². The number of rotatable bonds is 11. The van der Waals surface area contributed by atoms with E-state index in [-0.39, 0.29) is 36.6 Å². The number of aryl methyl sites for hydroxylation is 1. The smallest absolute Gasteiger partial charge is 0.407 e. The fourth-order valence-corrected chi connectivity index (χ4v) is 6.31. The van der Waals surface area contributed by atoms with Crippen molar-refractivity contribution in [3.63, 3.8) is 0 Å². The highest BCUT2D eigenvalue weighted by Crippen LogP contribution is 2.32. The monoisotopic (exact) mass is 604 g/mol. The van der Waals surface area contributed by atoms with E-state index in [0.717, 1.165) is 27.5 Å². The highest BCUT2D eigenvalue weighted by atomic mass is 32.2. The Bertz CT molecular complexity index is 1640. The number of piperidine rings is 1. The molecule has 0 radical (unpaired) electrons. The van der Waals surface area contributed by atoms with Gasteiger partial charge in [-0.3, -0.25) is 0 Å². The Hall–Kier alpha value is -3.96. The summed E-state index contributed by atoms with van der Waals surface area (Å²) in [5.74, 6) is 0.521. The average molecular weight is 605 g/mol. The number of carbonyl (C=O) groups is 1. The Morgan fingerprint density at radius 3 is 2.44 bits per heavy atom. The number of amides is 1. The van der Waals surface area contributed by atoms with Crippen molar-refractivity contribution in [3.8, 4) is 5.75 Å². The van der Waals surface area contributed by atoms with Crippen molar-refractivity contribution < 1.29 is 32.9 Å². The first-order valence-corrected chi connectivity index (χ1v) is 15.7. The third-order valence-corrected chi connectivity index (χ3v) is 9.14. The summed E-state index contributed by atoms with van der Waals surface area (Å²) >= 11 is 0. The van der Waals surface area contributed by atoms with Gasteiger partial charge in [0, 0.05) is 19.0 Å². The molecule has 226 valence electrons. The van der Waals surface area contributed by atoms with Crippen molar-refractivity contribution >= 4 is 26.9 Å². The van der Waals surface area contributed by atoms with Gasteiger partial charge in [-0.1, -0.05) is 66.2 Å². The van der Waals surface area contributed by atoms with Gasteiger partial charge < -0.3 is 24.6 Å². The molecule has 3 unspecified atom stereocenters. The zero-order chi connectivity index (χ0) is 30.4. The molecule has 4 aromatic rings. The zero-order valence-corrected chi connectivity index (χ0v) is 24.7. The lowest BCUT2D eigenvalue weighted by molar-refractivity contribution is -0.0199. The number of nitrogens with zero attached hydrogens (tertiary/aromatic N) is 1. The first kappa shape index (κ1) is 30.5. The van der Waals surface area contributed by atoms with Crippen molar-refractivity contribution in [2.45, 2.75) is 43.0 Å². The van der Waals surface area contributed by atoms with Crippen LogP contribution in [0.3, 0.4) is 0 Å². The molecule has 4 aromatic carbocycles. The van der Waals surface area contributed by atoms with E-state index in [1.807, 2.05) is 37.3 Å². The summed E-state index contributed by atoms with van der Waals surface area (Å²) in [6.07, 6.45) is -1.71. The summed E-state index contributed by atoms with van der Waals surface area (Å²) < 4.78 is 39.4. The summed E-state index contributed by atoms with van der Waals surface area (Å²) in [7, 11) is -3.74. The molecule has 0 aromatic heterocycles. The van der Waals surface area contributed by atoms with Crippen LogP contribution in [0.2, 0.25) is 0 Å². The van der Waals surface area contributed by atoms with Crippen LogP contribution in [0.15, 0.2) is 95.9 Å². The number of aliphatic hydroxyl groups is 1. The Balaban J connectivity index is 1.17. The molecule has 1 fully saturated rings. The number of carboxylic acid groups (broad SMARTS) is 1. The highest BCUT2D eigenvalue weighted by molar-refractivity contribution is 7.89. The van der Waals surface area contributed by atoms with Crippen LogP contribution in [0, 0.1) is 6.92 Å². The Labute approximate surface area is 251 Å². The number of likely N-dealkylation sites (tertiary alicyclic amines) is 1. The largest absolute Gasteiger partial charge is 0.491 e. The van der Waals surface area contributed by atoms with E-state index < -0.39 is 22.2 Å². The molecule has 0 bridgehead atoms. The van der Waals surface area contributed by atoms with E-state index >= 15 is 0 Å². The van der Waals surface area contributed by atoms with Crippen LogP contribution in [0.25, 0.3) is 10.8 Å². The quantitative estimate of drug-likeness (QED) is 0.222. The molecule has 1 heterocycles. The second-order valence-corrected chi connectivity index (χ2v) is 12.6. The molecule has 1 aliphatic rings. The highest BCUT2D eigenvalue weighted by Gasteiger charge is 2.33. The zero-order valence-electron chi connectivity index (χ0n) is 23.9. The van der Waals surface area contributed by atoms with Crippen molar-refractivity contribution in [2.75, 3.05) is 26.2 Å².